The second kappa shape index (κ2) is 12.2. The first-order chi connectivity index (χ1) is 19.0. The van der Waals surface area contributed by atoms with E-state index in [1.54, 1.807) is 6.34 Å². The normalized spacial score (nSPS) is 18.0. The molecule has 1 saturated heterocycles. The number of carbonyl (C=O) groups is 1. The van der Waals surface area contributed by atoms with E-state index in [0.29, 0.717) is 47.2 Å². The molecule has 1 aliphatic carbocycles. The molecule has 1 aliphatic heterocycles. The van der Waals surface area contributed by atoms with Crippen LogP contribution in [0.25, 0.3) is 21.9 Å². The largest absolute Gasteiger partial charge is 0.372 e. The minimum atomic E-state index is -0.963. The first-order valence-corrected chi connectivity index (χ1v) is 13.7. The van der Waals surface area contributed by atoms with Crippen LogP contribution in [0.15, 0.2) is 64.6 Å². The summed E-state index contributed by atoms with van der Waals surface area (Å²) in [4.78, 5) is 24.4. The number of halogens is 2. The van der Waals surface area contributed by atoms with Crippen molar-refractivity contribution in [1.29, 1.82) is 5.41 Å². The maximum absolute atomic E-state index is 14.0. The third-order valence-electron chi connectivity index (χ3n) is 6.68. The standard InChI is InChI=1S/C28H29F2N7OS/c29-22-9-8-20(15-23(22)30)25-26(37-13-14-39-28(37)35-25)24(10-11-31)34-18-33-21-7-4-12-36(17-21)27(38)32-16-19-5-2-1-3-6-19/h2,5-6,8-11,13-15,18,21,31H,1,3-4,7,12,16-17H2,(H,32,38)(H,33,34)/b24-10-,31-11?/t21-/m1/s1. The van der Waals surface area contributed by atoms with Crippen LogP contribution >= 0.6 is 11.3 Å². The van der Waals surface area contributed by atoms with Gasteiger partial charge in [-0.3, -0.25) is 4.40 Å². The van der Waals surface area contributed by atoms with E-state index in [9.17, 15) is 13.6 Å². The molecule has 0 bridgehead atoms. The van der Waals surface area contributed by atoms with Crippen molar-refractivity contribution in [3.05, 3.63) is 77.0 Å². The van der Waals surface area contributed by atoms with Crippen molar-refractivity contribution in [2.75, 3.05) is 19.6 Å². The van der Waals surface area contributed by atoms with Crippen LogP contribution in [0, 0.1) is 17.0 Å². The molecule has 11 heteroatoms. The molecule has 3 N–H and O–H groups in total. The quantitative estimate of drug-likeness (QED) is 0.259. The number of aromatic nitrogens is 2. The van der Waals surface area contributed by atoms with Crippen molar-refractivity contribution in [3.8, 4) is 11.3 Å². The van der Waals surface area contributed by atoms with Gasteiger partial charge in [-0.05, 0) is 55.5 Å². The average molecular weight is 550 g/mol. The van der Waals surface area contributed by atoms with Gasteiger partial charge in [-0.1, -0.05) is 18.2 Å². The number of urea groups is 1. The molecule has 3 aromatic rings. The molecule has 3 heterocycles. The molecule has 1 aromatic carbocycles. The summed E-state index contributed by atoms with van der Waals surface area (Å²) in [6.07, 6.45) is 16.2. The van der Waals surface area contributed by atoms with E-state index >= 15 is 0 Å². The van der Waals surface area contributed by atoms with Crippen molar-refractivity contribution in [3.63, 3.8) is 0 Å². The predicted octanol–water partition coefficient (Wildman–Crippen LogP) is 5.40. The smallest absolute Gasteiger partial charge is 0.317 e. The summed E-state index contributed by atoms with van der Waals surface area (Å²) in [7, 11) is 0. The first kappa shape index (κ1) is 26.5. The number of aliphatic imine (C=N–C) groups is 1. The lowest BCUT2D eigenvalue weighted by Gasteiger charge is -2.32. The molecule has 1 fully saturated rings. The van der Waals surface area contributed by atoms with Gasteiger partial charge < -0.3 is 20.9 Å². The van der Waals surface area contributed by atoms with Gasteiger partial charge in [0.1, 0.15) is 5.69 Å². The highest BCUT2D eigenvalue weighted by molar-refractivity contribution is 7.15. The van der Waals surface area contributed by atoms with Crippen molar-refractivity contribution in [2.24, 2.45) is 4.99 Å². The zero-order valence-electron chi connectivity index (χ0n) is 21.2. The number of allylic oxidation sites excluding steroid dienone is 3. The average Bonchev–Trinajstić information content (AvgIpc) is 3.55. The molecule has 0 spiro atoms. The Bertz CT molecular complexity index is 1490. The number of benzene rings is 1. The number of amides is 2. The van der Waals surface area contributed by atoms with Crippen LogP contribution in [-0.4, -0.2) is 58.5 Å². The summed E-state index contributed by atoms with van der Waals surface area (Å²) in [6.45, 7) is 1.75. The molecule has 39 heavy (non-hydrogen) atoms. The zero-order chi connectivity index (χ0) is 27.2. The lowest BCUT2D eigenvalue weighted by molar-refractivity contribution is 0.178. The van der Waals surface area contributed by atoms with Gasteiger partial charge in [0.05, 0.1) is 17.7 Å². The minimum absolute atomic E-state index is 0.0144. The Balaban J connectivity index is 1.29. The number of nitrogens with zero attached hydrogens (tertiary/aromatic N) is 4. The summed E-state index contributed by atoms with van der Waals surface area (Å²) in [5.41, 5.74) is 2.97. The van der Waals surface area contributed by atoms with E-state index in [2.05, 4.69) is 38.8 Å². The van der Waals surface area contributed by atoms with Gasteiger partial charge in [-0.2, -0.15) is 0 Å². The molecule has 2 aliphatic rings. The van der Waals surface area contributed by atoms with Gasteiger partial charge in [0.15, 0.2) is 16.6 Å². The fraction of sp³-hybridized carbons (Fsp3) is 0.286. The van der Waals surface area contributed by atoms with Gasteiger partial charge in [0.25, 0.3) is 0 Å². The Labute approximate surface area is 229 Å². The zero-order valence-corrected chi connectivity index (χ0v) is 22.1. The molecule has 5 rings (SSSR count). The minimum Gasteiger partial charge on any atom is -0.372 e. The van der Waals surface area contributed by atoms with Gasteiger partial charge in [0, 0.05) is 49.0 Å². The Morgan fingerprint density at radius 1 is 1.28 bits per heavy atom. The number of likely N-dealkylation sites (tertiary alicyclic amines) is 1. The lowest BCUT2D eigenvalue weighted by atomic mass is 10.1. The van der Waals surface area contributed by atoms with E-state index in [-0.39, 0.29) is 12.1 Å². The summed E-state index contributed by atoms with van der Waals surface area (Å²) >= 11 is 1.40. The number of piperidine rings is 1. The van der Waals surface area contributed by atoms with E-state index < -0.39 is 11.6 Å². The Morgan fingerprint density at radius 2 is 2.18 bits per heavy atom. The van der Waals surface area contributed by atoms with Crippen LogP contribution < -0.4 is 10.6 Å². The van der Waals surface area contributed by atoms with Crippen LogP contribution in [0.1, 0.15) is 31.4 Å². The van der Waals surface area contributed by atoms with Gasteiger partial charge in [-0.15, -0.1) is 11.3 Å². The molecule has 0 radical (unpaired) electrons. The van der Waals surface area contributed by atoms with Crippen LogP contribution in [0.3, 0.4) is 0 Å². The summed E-state index contributed by atoms with van der Waals surface area (Å²) in [5, 5.41) is 15.8. The highest BCUT2D eigenvalue weighted by Gasteiger charge is 2.23. The number of hydrogen-bond donors (Lipinski definition) is 3. The number of hydrogen-bond acceptors (Lipinski definition) is 5. The summed E-state index contributed by atoms with van der Waals surface area (Å²) in [6, 6.07) is 3.58. The molecule has 0 saturated carbocycles. The Hall–Kier alpha value is -4.12. The van der Waals surface area contributed by atoms with E-state index in [0.717, 1.165) is 49.6 Å². The molecule has 2 aromatic heterocycles. The molecule has 202 valence electrons. The van der Waals surface area contributed by atoms with Crippen LogP contribution in [0.4, 0.5) is 13.6 Å². The number of carbonyl (C=O) groups excluding carboxylic acids is 1. The SMILES string of the molecule is N=C/C=C(\N=C\N[C@@H]1CCCN(C(=O)NCC2=CCCC=C2)C1)c1c(-c2ccc(F)c(F)c2)nc2sccn12. The fourth-order valence-electron chi connectivity index (χ4n) is 4.74. The first-order valence-electron chi connectivity index (χ1n) is 12.8. The third kappa shape index (κ3) is 6.14. The van der Waals surface area contributed by atoms with Crippen molar-refractivity contribution < 1.29 is 13.6 Å². The maximum Gasteiger partial charge on any atom is 0.317 e. The predicted molar refractivity (Wildman–Crippen MR) is 151 cm³/mol. The monoisotopic (exact) mass is 549 g/mol. The van der Waals surface area contributed by atoms with Crippen molar-refractivity contribution in [2.45, 2.75) is 31.7 Å². The van der Waals surface area contributed by atoms with Crippen LogP contribution in [0.5, 0.6) is 0 Å². The number of thiazole rings is 1. The number of fused-ring (bicyclic) bond motifs is 1. The van der Waals surface area contributed by atoms with E-state index in [4.69, 9.17) is 5.41 Å². The third-order valence-corrected chi connectivity index (χ3v) is 7.43. The summed E-state index contributed by atoms with van der Waals surface area (Å²) in [5.74, 6) is -1.90. The number of imidazole rings is 1. The molecule has 1 atom stereocenters. The molecule has 2 amide bonds. The number of rotatable bonds is 8. The fourth-order valence-corrected chi connectivity index (χ4v) is 5.45. The van der Waals surface area contributed by atoms with Gasteiger partial charge in [-0.25, -0.2) is 23.6 Å². The van der Waals surface area contributed by atoms with Gasteiger partial charge in [0.2, 0.25) is 0 Å². The second-order valence-electron chi connectivity index (χ2n) is 9.34. The second-order valence-corrected chi connectivity index (χ2v) is 10.2. The molecular weight excluding hydrogens is 520 g/mol. The Kier molecular flexibility index (Phi) is 8.26. The molecule has 0 unspecified atom stereocenters. The van der Waals surface area contributed by atoms with Crippen LogP contribution in [0.2, 0.25) is 0 Å². The van der Waals surface area contributed by atoms with Crippen molar-refractivity contribution in [1.82, 2.24) is 24.9 Å². The van der Waals surface area contributed by atoms with Gasteiger partial charge >= 0.3 is 6.03 Å². The maximum atomic E-state index is 14.0. The van der Waals surface area contributed by atoms with Crippen molar-refractivity contribution >= 4 is 40.6 Å². The summed E-state index contributed by atoms with van der Waals surface area (Å²) < 4.78 is 29.4. The highest BCUT2D eigenvalue weighted by Crippen LogP contribution is 2.32. The number of nitrogens with one attached hydrogen (secondary N) is 3. The van der Waals surface area contributed by atoms with E-state index in [1.807, 2.05) is 20.9 Å². The highest BCUT2D eigenvalue weighted by atomic mass is 32.1. The van der Waals surface area contributed by atoms with Crippen LogP contribution in [-0.2, 0) is 0 Å². The Morgan fingerprint density at radius 3 is 2.97 bits per heavy atom. The molecular formula is C28H29F2N7OS. The topological polar surface area (TPSA) is 97.9 Å². The lowest BCUT2D eigenvalue weighted by Crippen LogP contribution is -2.51. The molecule has 8 nitrogen and oxygen atoms in total. The van der Waals surface area contributed by atoms with E-state index in [1.165, 1.54) is 23.5 Å².